The Labute approximate surface area is 174 Å². The third-order valence-electron chi connectivity index (χ3n) is 6.02. The normalized spacial score (nSPS) is 15.2. The highest BCUT2D eigenvalue weighted by atomic mass is 15.2. The van der Waals surface area contributed by atoms with Crippen molar-refractivity contribution in [1.29, 1.82) is 0 Å². The molecule has 2 N–H and O–H groups in total. The first-order chi connectivity index (χ1) is 14.9. The van der Waals surface area contributed by atoms with Crippen molar-refractivity contribution in [3.8, 4) is 22.8 Å². The predicted octanol–water partition coefficient (Wildman–Crippen LogP) is 4.57. The van der Waals surface area contributed by atoms with Gasteiger partial charge in [0.25, 0.3) is 0 Å². The summed E-state index contributed by atoms with van der Waals surface area (Å²) < 4.78 is 2.29. The number of piperidine rings is 1. The average molecular weight is 394 g/mol. The van der Waals surface area contributed by atoms with Gasteiger partial charge in [-0.3, -0.25) is 0 Å². The number of hydrogen-bond donors (Lipinski definition) is 2. The van der Waals surface area contributed by atoms with Gasteiger partial charge in [-0.15, -0.1) is 0 Å². The summed E-state index contributed by atoms with van der Waals surface area (Å²) in [4.78, 5) is 17.6. The molecule has 0 spiro atoms. The summed E-state index contributed by atoms with van der Waals surface area (Å²) in [6, 6.07) is 17.5. The van der Waals surface area contributed by atoms with Crippen LogP contribution < -0.4 is 5.32 Å². The molecular formula is C24H22N6. The van der Waals surface area contributed by atoms with Crippen molar-refractivity contribution in [3.05, 3.63) is 67.1 Å². The quantitative estimate of drug-likeness (QED) is 0.470. The second-order valence-corrected chi connectivity index (χ2v) is 7.82. The van der Waals surface area contributed by atoms with E-state index in [9.17, 15) is 0 Å². The monoisotopic (exact) mass is 394 g/mol. The van der Waals surface area contributed by atoms with Crippen molar-refractivity contribution >= 4 is 21.9 Å². The Bertz CT molecular complexity index is 1330. The third kappa shape index (κ3) is 2.80. The molecule has 0 bridgehead atoms. The van der Waals surface area contributed by atoms with Crippen molar-refractivity contribution in [2.24, 2.45) is 0 Å². The maximum absolute atomic E-state index is 5.07. The van der Waals surface area contributed by atoms with Gasteiger partial charge in [-0.05, 0) is 54.4 Å². The second-order valence-electron chi connectivity index (χ2n) is 7.82. The van der Waals surface area contributed by atoms with Crippen LogP contribution in [0.4, 0.5) is 0 Å². The van der Waals surface area contributed by atoms with Gasteiger partial charge in [-0.25, -0.2) is 15.0 Å². The van der Waals surface area contributed by atoms with Crippen molar-refractivity contribution in [2.45, 2.75) is 18.9 Å². The fraction of sp³-hybridized carbons (Fsp3) is 0.208. The van der Waals surface area contributed by atoms with Crippen LogP contribution in [0.25, 0.3) is 44.7 Å². The van der Waals surface area contributed by atoms with Crippen molar-refractivity contribution in [1.82, 2.24) is 29.8 Å². The third-order valence-corrected chi connectivity index (χ3v) is 6.02. The molecule has 148 valence electrons. The highest BCUT2D eigenvalue weighted by Gasteiger charge is 2.25. The van der Waals surface area contributed by atoms with E-state index in [1.54, 1.807) is 6.20 Å². The van der Waals surface area contributed by atoms with Crippen molar-refractivity contribution in [3.63, 3.8) is 0 Å². The Morgan fingerprint density at radius 1 is 0.900 bits per heavy atom. The molecule has 4 heterocycles. The van der Waals surface area contributed by atoms with Crippen LogP contribution in [-0.2, 0) is 0 Å². The van der Waals surface area contributed by atoms with Crippen LogP contribution in [0.15, 0.2) is 67.1 Å². The number of fused-ring (bicyclic) bond motifs is 2. The molecule has 0 aliphatic carbocycles. The first kappa shape index (κ1) is 17.4. The predicted molar refractivity (Wildman–Crippen MR) is 119 cm³/mol. The number of rotatable bonds is 3. The number of hydrogen-bond acceptors (Lipinski definition) is 4. The van der Waals surface area contributed by atoms with Crippen molar-refractivity contribution < 1.29 is 0 Å². The minimum absolute atomic E-state index is 0.357. The number of imidazole rings is 2. The molecule has 2 aromatic carbocycles. The Hall–Kier alpha value is -3.51. The molecule has 1 fully saturated rings. The Kier molecular flexibility index (Phi) is 4.09. The Morgan fingerprint density at radius 3 is 2.60 bits per heavy atom. The number of benzene rings is 2. The van der Waals surface area contributed by atoms with Crippen LogP contribution in [0.1, 0.15) is 18.9 Å². The highest BCUT2D eigenvalue weighted by Crippen LogP contribution is 2.35. The van der Waals surface area contributed by atoms with Crippen LogP contribution in [0, 0.1) is 0 Å². The fourth-order valence-electron chi connectivity index (χ4n) is 4.54. The average Bonchev–Trinajstić information content (AvgIpc) is 3.47. The molecule has 0 saturated carbocycles. The molecule has 1 saturated heterocycles. The summed E-state index contributed by atoms with van der Waals surface area (Å²) in [6.45, 7) is 2.01. The molecule has 0 radical (unpaired) electrons. The van der Waals surface area contributed by atoms with Gasteiger partial charge in [-0.2, -0.15) is 0 Å². The summed E-state index contributed by atoms with van der Waals surface area (Å²) in [5, 5.41) is 5.92. The van der Waals surface area contributed by atoms with Crippen LogP contribution in [-0.4, -0.2) is 37.6 Å². The lowest BCUT2D eigenvalue weighted by Gasteiger charge is -2.25. The van der Waals surface area contributed by atoms with Crippen molar-refractivity contribution in [2.75, 3.05) is 13.1 Å². The summed E-state index contributed by atoms with van der Waals surface area (Å²) in [5.74, 6) is 1.65. The number of H-pyrrole nitrogens is 1. The first-order valence-corrected chi connectivity index (χ1v) is 10.4. The zero-order valence-electron chi connectivity index (χ0n) is 16.5. The molecular weight excluding hydrogens is 372 g/mol. The van der Waals surface area contributed by atoms with E-state index in [4.69, 9.17) is 9.97 Å². The van der Waals surface area contributed by atoms with E-state index in [1.165, 1.54) is 10.8 Å². The molecule has 1 aliphatic heterocycles. The van der Waals surface area contributed by atoms with E-state index < -0.39 is 0 Å². The number of nitrogens with one attached hydrogen (secondary N) is 2. The molecule has 30 heavy (non-hydrogen) atoms. The topological polar surface area (TPSA) is 71.4 Å². The van der Waals surface area contributed by atoms with E-state index in [0.29, 0.717) is 6.04 Å². The largest absolute Gasteiger partial charge is 0.342 e. The molecule has 3 aromatic heterocycles. The number of aromatic nitrogens is 5. The molecule has 0 atom stereocenters. The van der Waals surface area contributed by atoms with E-state index in [0.717, 1.165) is 59.9 Å². The van der Waals surface area contributed by atoms with E-state index >= 15 is 0 Å². The van der Waals surface area contributed by atoms with E-state index in [-0.39, 0.29) is 0 Å². The van der Waals surface area contributed by atoms with Crippen LogP contribution in [0.5, 0.6) is 0 Å². The summed E-state index contributed by atoms with van der Waals surface area (Å²) in [6.07, 6.45) is 7.64. The van der Waals surface area contributed by atoms with Crippen LogP contribution in [0.2, 0.25) is 0 Å². The minimum Gasteiger partial charge on any atom is -0.342 e. The van der Waals surface area contributed by atoms with Crippen LogP contribution in [0.3, 0.4) is 0 Å². The standard InChI is InChI=1S/C24H22N6/c1-2-4-17-15-18(6-5-16(17)3-1)20-9-12-28-23-21(20)29-24(22-26-13-14-27-22)30(23)19-7-10-25-11-8-19/h1-6,9,12-15,19,25H,7-8,10-11H2,(H,26,27). The zero-order chi connectivity index (χ0) is 19.9. The van der Waals surface area contributed by atoms with Gasteiger partial charge in [0.15, 0.2) is 17.3 Å². The highest BCUT2D eigenvalue weighted by molar-refractivity contribution is 5.95. The summed E-state index contributed by atoms with van der Waals surface area (Å²) in [5.41, 5.74) is 4.12. The van der Waals surface area contributed by atoms with Gasteiger partial charge in [0.1, 0.15) is 5.52 Å². The van der Waals surface area contributed by atoms with Gasteiger partial charge >= 0.3 is 0 Å². The Morgan fingerprint density at radius 2 is 1.77 bits per heavy atom. The maximum Gasteiger partial charge on any atom is 0.178 e. The van der Waals surface area contributed by atoms with Crippen LogP contribution >= 0.6 is 0 Å². The minimum atomic E-state index is 0.357. The lowest BCUT2D eigenvalue weighted by atomic mass is 10.0. The lowest BCUT2D eigenvalue weighted by molar-refractivity contribution is 0.375. The second kappa shape index (κ2) is 7.07. The molecule has 6 nitrogen and oxygen atoms in total. The molecule has 5 aromatic rings. The summed E-state index contributed by atoms with van der Waals surface area (Å²) in [7, 11) is 0. The van der Waals surface area contributed by atoms with Gasteiger partial charge in [-0.1, -0.05) is 36.4 Å². The summed E-state index contributed by atoms with van der Waals surface area (Å²) >= 11 is 0. The van der Waals surface area contributed by atoms with Gasteiger partial charge < -0.3 is 14.9 Å². The molecule has 0 amide bonds. The van der Waals surface area contributed by atoms with E-state index in [1.807, 2.05) is 12.4 Å². The first-order valence-electron chi connectivity index (χ1n) is 10.4. The molecule has 1 aliphatic rings. The SMILES string of the molecule is c1ccc2cc(-c3ccnc4c3nc(-c3ncc[nH]3)n4C3CCNCC3)ccc2c1. The number of aromatic amines is 1. The maximum atomic E-state index is 5.07. The van der Waals surface area contributed by atoms with Gasteiger partial charge in [0.05, 0.1) is 0 Å². The zero-order valence-corrected chi connectivity index (χ0v) is 16.5. The smallest absolute Gasteiger partial charge is 0.178 e. The molecule has 0 unspecified atom stereocenters. The number of nitrogens with zero attached hydrogens (tertiary/aromatic N) is 4. The van der Waals surface area contributed by atoms with Gasteiger partial charge in [0.2, 0.25) is 0 Å². The lowest BCUT2D eigenvalue weighted by Crippen LogP contribution is -2.29. The number of pyridine rings is 1. The van der Waals surface area contributed by atoms with E-state index in [2.05, 4.69) is 68.4 Å². The van der Waals surface area contributed by atoms with Gasteiger partial charge in [0, 0.05) is 30.2 Å². The molecule has 6 rings (SSSR count). The Balaban J connectivity index is 1.59. The fourth-order valence-corrected chi connectivity index (χ4v) is 4.54. The molecule has 6 heteroatoms.